The smallest absolute Gasteiger partial charge is 0.260 e. The van der Waals surface area contributed by atoms with Crippen molar-refractivity contribution in [3.8, 4) is 5.75 Å². The van der Waals surface area contributed by atoms with E-state index in [2.05, 4.69) is 34.8 Å². The number of para-hydroxylation sites is 3. The van der Waals surface area contributed by atoms with Crippen LogP contribution in [0, 0.1) is 0 Å². The minimum Gasteiger partial charge on any atom is -0.488 e. The monoisotopic (exact) mass is 511 g/mol. The molecule has 5 aromatic carbocycles. The molecule has 0 radical (unpaired) electrons. The fourth-order valence-electron chi connectivity index (χ4n) is 4.89. The van der Waals surface area contributed by atoms with E-state index in [4.69, 9.17) is 4.74 Å². The second-order valence-corrected chi connectivity index (χ2v) is 9.21. The number of nitrogens with one attached hydrogen (secondary N) is 1. The summed E-state index contributed by atoms with van der Waals surface area (Å²) in [6.45, 7) is 0.420. The lowest BCUT2D eigenvalue weighted by molar-refractivity contribution is -0.121. The van der Waals surface area contributed by atoms with Crippen LogP contribution in [0.3, 0.4) is 0 Å². The number of hydrogen-bond acceptors (Lipinski definition) is 4. The van der Waals surface area contributed by atoms with Gasteiger partial charge in [-0.25, -0.2) is 5.43 Å². The van der Waals surface area contributed by atoms with Crippen LogP contribution in [0.25, 0.3) is 32.6 Å². The van der Waals surface area contributed by atoms with E-state index >= 15 is 0 Å². The van der Waals surface area contributed by atoms with Gasteiger partial charge in [-0.1, -0.05) is 78.9 Å². The highest BCUT2D eigenvalue weighted by Gasteiger charge is 2.12. The summed E-state index contributed by atoms with van der Waals surface area (Å²) < 4.78 is 8.00. The maximum absolute atomic E-state index is 12.9. The summed E-state index contributed by atoms with van der Waals surface area (Å²) >= 11 is 0. The molecule has 1 aromatic heterocycles. The summed E-state index contributed by atoms with van der Waals surface area (Å²) in [6.07, 6.45) is 1.58. The first-order chi connectivity index (χ1) is 19.2. The zero-order valence-electron chi connectivity index (χ0n) is 21.1. The Morgan fingerprint density at radius 3 is 2.13 bits per heavy atom. The number of pyridine rings is 1. The lowest BCUT2D eigenvalue weighted by Crippen LogP contribution is -2.25. The van der Waals surface area contributed by atoms with Crippen molar-refractivity contribution in [1.82, 2.24) is 9.99 Å². The molecular formula is C33H25N3O3. The Labute approximate surface area is 224 Å². The average molecular weight is 512 g/mol. The normalized spacial score (nSPS) is 11.4. The molecule has 0 aliphatic heterocycles. The van der Waals surface area contributed by atoms with Gasteiger partial charge in [0.05, 0.1) is 17.2 Å². The van der Waals surface area contributed by atoms with Crippen LogP contribution in [0.5, 0.6) is 5.75 Å². The number of amides is 1. The van der Waals surface area contributed by atoms with Crippen molar-refractivity contribution < 1.29 is 9.53 Å². The number of fused-ring (bicyclic) bond motifs is 3. The standard InChI is InChI=1S/C33H25N3O3/c37-32(21-36-29-17-6-4-15-27(29)33(38)28-16-5-7-18-30(28)36)35-34-20-24-11-2-8-19-31(24)39-22-25-13-9-12-23-10-1-3-14-26(23)25/h1-20H,21-22H2,(H,35,37)/b34-20-. The number of ether oxygens (including phenoxy) is 1. The maximum atomic E-state index is 12.9. The molecule has 0 saturated heterocycles. The van der Waals surface area contributed by atoms with Crippen molar-refractivity contribution in [2.45, 2.75) is 13.2 Å². The molecule has 0 aliphatic rings. The van der Waals surface area contributed by atoms with Crippen molar-refractivity contribution in [3.05, 3.63) is 137 Å². The van der Waals surface area contributed by atoms with E-state index in [9.17, 15) is 9.59 Å². The second kappa shape index (κ2) is 10.6. The summed E-state index contributed by atoms with van der Waals surface area (Å²) in [5.41, 5.74) is 5.82. The van der Waals surface area contributed by atoms with Crippen LogP contribution in [-0.2, 0) is 17.9 Å². The van der Waals surface area contributed by atoms with Gasteiger partial charge in [0.1, 0.15) is 18.9 Å². The zero-order valence-corrected chi connectivity index (χ0v) is 21.1. The van der Waals surface area contributed by atoms with E-state index in [1.807, 2.05) is 83.4 Å². The summed E-state index contributed by atoms with van der Waals surface area (Å²) in [5.74, 6) is 0.361. The maximum Gasteiger partial charge on any atom is 0.260 e. The Bertz CT molecular complexity index is 1860. The summed E-state index contributed by atoms with van der Waals surface area (Å²) in [7, 11) is 0. The van der Waals surface area contributed by atoms with Crippen LogP contribution in [0.2, 0.25) is 0 Å². The molecule has 0 aliphatic carbocycles. The van der Waals surface area contributed by atoms with Gasteiger partial charge in [-0.15, -0.1) is 0 Å². The Balaban J connectivity index is 1.20. The number of hydrogen-bond donors (Lipinski definition) is 1. The van der Waals surface area contributed by atoms with Gasteiger partial charge in [0.2, 0.25) is 0 Å². The molecule has 190 valence electrons. The number of rotatable bonds is 7. The number of aromatic nitrogens is 1. The van der Waals surface area contributed by atoms with Gasteiger partial charge in [-0.2, -0.15) is 5.10 Å². The molecule has 6 rings (SSSR count). The Morgan fingerprint density at radius 1 is 0.744 bits per heavy atom. The van der Waals surface area contributed by atoms with Crippen LogP contribution >= 0.6 is 0 Å². The highest BCUT2D eigenvalue weighted by atomic mass is 16.5. The molecular weight excluding hydrogens is 486 g/mol. The van der Waals surface area contributed by atoms with E-state index in [0.29, 0.717) is 34.2 Å². The number of benzene rings is 5. The summed E-state index contributed by atoms with van der Waals surface area (Å²) in [4.78, 5) is 25.9. The predicted molar refractivity (Wildman–Crippen MR) is 156 cm³/mol. The van der Waals surface area contributed by atoms with E-state index < -0.39 is 0 Å². The third-order valence-electron chi connectivity index (χ3n) is 6.76. The lowest BCUT2D eigenvalue weighted by atomic mass is 10.1. The fraction of sp³-hybridized carbons (Fsp3) is 0.0606. The van der Waals surface area contributed by atoms with Gasteiger partial charge in [0, 0.05) is 16.3 Å². The molecule has 0 fully saturated rings. The largest absolute Gasteiger partial charge is 0.488 e. The lowest BCUT2D eigenvalue weighted by Gasteiger charge is -2.14. The van der Waals surface area contributed by atoms with E-state index in [0.717, 1.165) is 16.5 Å². The van der Waals surface area contributed by atoms with Crippen molar-refractivity contribution in [2.24, 2.45) is 5.10 Å². The van der Waals surface area contributed by atoms with Gasteiger partial charge in [0.25, 0.3) is 5.91 Å². The van der Waals surface area contributed by atoms with Crippen LogP contribution in [0.15, 0.2) is 125 Å². The number of carbonyl (C=O) groups is 1. The zero-order chi connectivity index (χ0) is 26.6. The number of carbonyl (C=O) groups excluding carboxylic acids is 1. The van der Waals surface area contributed by atoms with E-state index in [1.54, 1.807) is 18.3 Å². The van der Waals surface area contributed by atoms with Gasteiger partial charge in [-0.05, 0) is 52.7 Å². The van der Waals surface area contributed by atoms with Gasteiger partial charge >= 0.3 is 0 Å². The SMILES string of the molecule is O=C(Cn1c2ccccc2c(=O)c2ccccc21)N/N=C\c1ccccc1OCc1cccc2ccccc12. The van der Waals surface area contributed by atoms with Gasteiger partial charge in [-0.3, -0.25) is 9.59 Å². The third kappa shape index (κ3) is 4.88. The molecule has 0 spiro atoms. The fourth-order valence-corrected chi connectivity index (χ4v) is 4.89. The highest BCUT2D eigenvalue weighted by molar-refractivity contribution is 5.95. The van der Waals surface area contributed by atoms with Gasteiger partial charge < -0.3 is 9.30 Å². The molecule has 6 nitrogen and oxygen atoms in total. The van der Waals surface area contributed by atoms with Crippen molar-refractivity contribution >= 4 is 44.7 Å². The number of nitrogens with zero attached hydrogens (tertiary/aromatic N) is 2. The van der Waals surface area contributed by atoms with Crippen molar-refractivity contribution in [3.63, 3.8) is 0 Å². The molecule has 0 atom stereocenters. The molecule has 0 bridgehead atoms. The van der Waals surface area contributed by atoms with Crippen LogP contribution in [0.4, 0.5) is 0 Å². The van der Waals surface area contributed by atoms with E-state index in [1.165, 1.54) is 5.39 Å². The van der Waals surface area contributed by atoms with Crippen LogP contribution in [-0.4, -0.2) is 16.7 Å². The summed E-state index contributed by atoms with van der Waals surface area (Å²) in [6, 6.07) is 36.6. The number of hydrazone groups is 1. The van der Waals surface area contributed by atoms with Crippen LogP contribution in [0.1, 0.15) is 11.1 Å². The Morgan fingerprint density at radius 2 is 1.36 bits per heavy atom. The predicted octanol–water partition coefficient (Wildman–Crippen LogP) is 6.04. The molecule has 1 N–H and O–H groups in total. The minimum absolute atomic E-state index is 0.0118. The van der Waals surface area contributed by atoms with E-state index in [-0.39, 0.29) is 17.9 Å². The molecule has 39 heavy (non-hydrogen) atoms. The first-order valence-electron chi connectivity index (χ1n) is 12.7. The Kier molecular flexibility index (Phi) is 6.58. The molecule has 6 aromatic rings. The Hall–Kier alpha value is -5.23. The summed E-state index contributed by atoms with van der Waals surface area (Å²) in [5, 5.41) is 7.67. The van der Waals surface area contributed by atoms with Crippen LogP contribution < -0.4 is 15.6 Å². The molecule has 0 unspecified atom stereocenters. The topological polar surface area (TPSA) is 72.7 Å². The minimum atomic E-state index is -0.306. The average Bonchev–Trinajstić information content (AvgIpc) is 2.99. The first kappa shape index (κ1) is 24.1. The molecule has 1 heterocycles. The van der Waals surface area contributed by atoms with Gasteiger partial charge in [0.15, 0.2) is 5.43 Å². The van der Waals surface area contributed by atoms with Crippen molar-refractivity contribution in [2.75, 3.05) is 0 Å². The molecule has 6 heteroatoms. The molecule has 1 amide bonds. The highest BCUT2D eigenvalue weighted by Crippen LogP contribution is 2.23. The quantitative estimate of drug-likeness (QED) is 0.161. The molecule has 0 saturated carbocycles. The second-order valence-electron chi connectivity index (χ2n) is 9.21. The first-order valence-corrected chi connectivity index (χ1v) is 12.7. The third-order valence-corrected chi connectivity index (χ3v) is 6.76. The van der Waals surface area contributed by atoms with Crippen molar-refractivity contribution in [1.29, 1.82) is 0 Å².